The van der Waals surface area contributed by atoms with Gasteiger partial charge in [-0.15, -0.1) is 0 Å². The molecule has 0 atom stereocenters. The molecule has 1 aliphatic rings. The molecule has 16 heavy (non-hydrogen) atoms. The van der Waals surface area contributed by atoms with E-state index >= 15 is 0 Å². The van der Waals surface area contributed by atoms with Crippen LogP contribution in [0.15, 0.2) is 12.1 Å². The summed E-state index contributed by atoms with van der Waals surface area (Å²) in [6, 6.07) is 3.13. The standard InChI is InChI=1S/C12H16O4/c1-12(2,14)8-6-10-11(7-9(8)13)16-5-3-4-15-10/h6-7,13-14H,3-5H2,1-2H3. The van der Waals surface area contributed by atoms with E-state index in [4.69, 9.17) is 9.47 Å². The van der Waals surface area contributed by atoms with Crippen LogP contribution in [0.5, 0.6) is 17.2 Å². The maximum Gasteiger partial charge on any atom is 0.164 e. The van der Waals surface area contributed by atoms with Crippen LogP contribution in [0.2, 0.25) is 0 Å². The highest BCUT2D eigenvalue weighted by atomic mass is 16.5. The lowest BCUT2D eigenvalue weighted by molar-refractivity contribution is 0.0754. The molecule has 4 nitrogen and oxygen atoms in total. The minimum atomic E-state index is -1.10. The fraction of sp³-hybridized carbons (Fsp3) is 0.500. The molecule has 1 aromatic rings. The summed E-state index contributed by atoms with van der Waals surface area (Å²) in [7, 11) is 0. The molecule has 88 valence electrons. The minimum absolute atomic E-state index is 0.0248. The second-order valence-corrected chi connectivity index (χ2v) is 4.43. The first kappa shape index (κ1) is 11.1. The predicted molar refractivity (Wildman–Crippen MR) is 59.0 cm³/mol. The molecule has 0 saturated carbocycles. The van der Waals surface area contributed by atoms with Gasteiger partial charge in [-0.2, -0.15) is 0 Å². The van der Waals surface area contributed by atoms with E-state index in [0.717, 1.165) is 6.42 Å². The highest BCUT2D eigenvalue weighted by Crippen LogP contribution is 2.39. The number of aliphatic hydroxyl groups is 1. The molecule has 0 radical (unpaired) electrons. The Bertz CT molecular complexity index is 393. The third-order valence-corrected chi connectivity index (χ3v) is 2.52. The number of fused-ring (bicyclic) bond motifs is 1. The Kier molecular flexibility index (Phi) is 2.68. The van der Waals surface area contributed by atoms with Gasteiger partial charge in [0.15, 0.2) is 11.5 Å². The van der Waals surface area contributed by atoms with Gasteiger partial charge in [-0.05, 0) is 19.9 Å². The zero-order valence-electron chi connectivity index (χ0n) is 9.49. The number of aromatic hydroxyl groups is 1. The van der Waals surface area contributed by atoms with Crippen LogP contribution >= 0.6 is 0 Å². The molecule has 0 amide bonds. The molecule has 2 N–H and O–H groups in total. The fourth-order valence-electron chi connectivity index (χ4n) is 1.69. The van der Waals surface area contributed by atoms with Crippen molar-refractivity contribution < 1.29 is 19.7 Å². The van der Waals surface area contributed by atoms with Crippen LogP contribution in [-0.2, 0) is 5.60 Å². The average Bonchev–Trinajstić information content (AvgIpc) is 2.39. The van der Waals surface area contributed by atoms with E-state index in [1.165, 1.54) is 6.07 Å². The molecule has 0 unspecified atom stereocenters. The molecule has 1 aliphatic heterocycles. The van der Waals surface area contributed by atoms with Crippen molar-refractivity contribution in [1.82, 2.24) is 0 Å². The first-order valence-electron chi connectivity index (χ1n) is 5.34. The van der Waals surface area contributed by atoms with Gasteiger partial charge in [-0.25, -0.2) is 0 Å². The number of phenolic OH excluding ortho intramolecular Hbond substituents is 1. The zero-order valence-corrected chi connectivity index (χ0v) is 9.49. The fourth-order valence-corrected chi connectivity index (χ4v) is 1.69. The summed E-state index contributed by atoms with van der Waals surface area (Å²) in [4.78, 5) is 0. The lowest BCUT2D eigenvalue weighted by atomic mass is 9.97. The Morgan fingerprint density at radius 1 is 1.12 bits per heavy atom. The van der Waals surface area contributed by atoms with Crippen LogP contribution in [0.3, 0.4) is 0 Å². The molecule has 4 heteroatoms. The quantitative estimate of drug-likeness (QED) is 0.763. The topological polar surface area (TPSA) is 58.9 Å². The van der Waals surface area contributed by atoms with Crippen molar-refractivity contribution in [2.75, 3.05) is 13.2 Å². The van der Waals surface area contributed by atoms with E-state index in [0.29, 0.717) is 30.3 Å². The zero-order chi connectivity index (χ0) is 11.8. The molecule has 1 aromatic carbocycles. The van der Waals surface area contributed by atoms with E-state index in [-0.39, 0.29) is 5.75 Å². The van der Waals surface area contributed by atoms with Crippen LogP contribution in [0.25, 0.3) is 0 Å². The van der Waals surface area contributed by atoms with Crippen molar-refractivity contribution in [3.8, 4) is 17.2 Å². The molecule has 0 bridgehead atoms. The average molecular weight is 224 g/mol. The molecule has 0 spiro atoms. The smallest absolute Gasteiger partial charge is 0.164 e. The highest BCUT2D eigenvalue weighted by Gasteiger charge is 2.24. The van der Waals surface area contributed by atoms with Gasteiger partial charge in [0, 0.05) is 18.1 Å². The molecule has 0 aliphatic carbocycles. The van der Waals surface area contributed by atoms with Gasteiger partial charge in [0.25, 0.3) is 0 Å². The van der Waals surface area contributed by atoms with Crippen molar-refractivity contribution in [3.05, 3.63) is 17.7 Å². The number of hydrogen-bond acceptors (Lipinski definition) is 4. The van der Waals surface area contributed by atoms with Gasteiger partial charge in [0.2, 0.25) is 0 Å². The molecule has 0 saturated heterocycles. The Balaban J connectivity index is 2.47. The van der Waals surface area contributed by atoms with Crippen LogP contribution in [0.1, 0.15) is 25.8 Å². The van der Waals surface area contributed by atoms with Crippen molar-refractivity contribution in [3.63, 3.8) is 0 Å². The molecule has 0 fully saturated rings. The van der Waals surface area contributed by atoms with E-state index in [1.54, 1.807) is 19.9 Å². The summed E-state index contributed by atoms with van der Waals surface area (Å²) in [6.07, 6.45) is 0.813. The van der Waals surface area contributed by atoms with Crippen LogP contribution in [0.4, 0.5) is 0 Å². The normalized spacial score (nSPS) is 15.7. The van der Waals surface area contributed by atoms with Gasteiger partial charge in [0.05, 0.1) is 18.8 Å². The molecule has 1 heterocycles. The number of hydrogen-bond donors (Lipinski definition) is 2. The van der Waals surface area contributed by atoms with Crippen molar-refractivity contribution in [2.24, 2.45) is 0 Å². The molecular weight excluding hydrogens is 208 g/mol. The number of benzene rings is 1. The van der Waals surface area contributed by atoms with Crippen molar-refractivity contribution in [2.45, 2.75) is 25.9 Å². The van der Waals surface area contributed by atoms with Gasteiger partial charge < -0.3 is 19.7 Å². The Morgan fingerprint density at radius 2 is 1.69 bits per heavy atom. The maximum atomic E-state index is 9.89. The third-order valence-electron chi connectivity index (χ3n) is 2.52. The number of ether oxygens (including phenoxy) is 2. The third kappa shape index (κ3) is 2.07. The van der Waals surface area contributed by atoms with E-state index in [9.17, 15) is 10.2 Å². The monoisotopic (exact) mass is 224 g/mol. The highest BCUT2D eigenvalue weighted by molar-refractivity contribution is 5.52. The lowest BCUT2D eigenvalue weighted by Crippen LogP contribution is -2.15. The van der Waals surface area contributed by atoms with E-state index in [1.807, 2.05) is 0 Å². The van der Waals surface area contributed by atoms with Gasteiger partial charge >= 0.3 is 0 Å². The van der Waals surface area contributed by atoms with E-state index < -0.39 is 5.60 Å². The second kappa shape index (κ2) is 3.87. The second-order valence-electron chi connectivity index (χ2n) is 4.43. The van der Waals surface area contributed by atoms with Gasteiger partial charge in [-0.1, -0.05) is 0 Å². The largest absolute Gasteiger partial charge is 0.507 e. The first-order valence-corrected chi connectivity index (χ1v) is 5.34. The summed E-state index contributed by atoms with van der Waals surface area (Å²) >= 11 is 0. The van der Waals surface area contributed by atoms with Gasteiger partial charge in [0.1, 0.15) is 5.75 Å². The first-order chi connectivity index (χ1) is 7.48. The van der Waals surface area contributed by atoms with Crippen molar-refractivity contribution >= 4 is 0 Å². The molecular formula is C12H16O4. The molecule has 2 rings (SSSR count). The van der Waals surface area contributed by atoms with E-state index in [2.05, 4.69) is 0 Å². The summed E-state index contributed by atoms with van der Waals surface area (Å²) in [6.45, 7) is 4.40. The van der Waals surface area contributed by atoms with Gasteiger partial charge in [-0.3, -0.25) is 0 Å². The number of rotatable bonds is 1. The Hall–Kier alpha value is -1.42. The SMILES string of the molecule is CC(C)(O)c1cc2c(cc1O)OCCCO2. The Labute approximate surface area is 94.4 Å². The summed E-state index contributed by atoms with van der Waals surface area (Å²) in [5.74, 6) is 1.13. The van der Waals surface area contributed by atoms with Crippen molar-refractivity contribution in [1.29, 1.82) is 0 Å². The summed E-state index contributed by atoms with van der Waals surface area (Å²) < 4.78 is 10.9. The van der Waals surface area contributed by atoms with Crippen LogP contribution in [-0.4, -0.2) is 23.4 Å². The molecule has 0 aromatic heterocycles. The lowest BCUT2D eigenvalue weighted by Gasteiger charge is -2.20. The number of phenols is 1. The predicted octanol–water partition coefficient (Wildman–Crippen LogP) is 1.78. The minimum Gasteiger partial charge on any atom is -0.507 e. The van der Waals surface area contributed by atoms with Crippen LogP contribution < -0.4 is 9.47 Å². The Morgan fingerprint density at radius 3 is 2.25 bits per heavy atom. The summed E-state index contributed by atoms with van der Waals surface area (Å²) in [5, 5.41) is 19.7. The maximum absolute atomic E-state index is 9.89. The summed E-state index contributed by atoms with van der Waals surface area (Å²) in [5.41, 5.74) is -0.661. The van der Waals surface area contributed by atoms with Crippen LogP contribution in [0, 0.1) is 0 Å².